The summed E-state index contributed by atoms with van der Waals surface area (Å²) in [4.78, 5) is 26.2. The maximum absolute atomic E-state index is 13.0. The number of carbonyl (C=O) groups is 1. The van der Waals surface area contributed by atoms with Crippen LogP contribution in [-0.2, 0) is 4.79 Å². The number of hydrogen-bond acceptors (Lipinski definition) is 7. The number of carbonyl (C=O) groups excluding carboxylic acids is 1. The first-order valence-electron chi connectivity index (χ1n) is 9.18. The number of aryl methyl sites for hydroxylation is 1. The summed E-state index contributed by atoms with van der Waals surface area (Å²) in [6.07, 6.45) is 1.79. The lowest BCUT2D eigenvalue weighted by Crippen LogP contribution is -2.38. The average molecular weight is 406 g/mol. The number of hydrogen-bond donors (Lipinski definition) is 1. The maximum Gasteiger partial charge on any atom is 0.269 e. The molecule has 146 valence electrons. The van der Waals surface area contributed by atoms with Gasteiger partial charge in [0.15, 0.2) is 5.78 Å². The highest BCUT2D eigenvalue weighted by atomic mass is 32.1. The first-order chi connectivity index (χ1) is 13.9. The van der Waals surface area contributed by atoms with Crippen molar-refractivity contribution in [3.8, 4) is 6.07 Å². The Balaban J connectivity index is 1.93. The number of allylic oxidation sites excluding steroid dienone is 3. The van der Waals surface area contributed by atoms with E-state index in [4.69, 9.17) is 5.73 Å². The Morgan fingerprint density at radius 2 is 2.00 bits per heavy atom. The van der Waals surface area contributed by atoms with Gasteiger partial charge in [-0.15, -0.1) is 11.3 Å². The minimum atomic E-state index is -0.468. The van der Waals surface area contributed by atoms with Crippen molar-refractivity contribution in [2.75, 3.05) is 4.90 Å². The van der Waals surface area contributed by atoms with Crippen LogP contribution in [-0.4, -0.2) is 10.7 Å². The Hall–Kier alpha value is -3.44. The van der Waals surface area contributed by atoms with Crippen molar-refractivity contribution in [2.24, 2.45) is 5.73 Å². The van der Waals surface area contributed by atoms with Crippen LogP contribution in [0.2, 0.25) is 0 Å². The molecule has 2 N–H and O–H groups in total. The summed E-state index contributed by atoms with van der Waals surface area (Å²) in [6.45, 7) is 1.97. The monoisotopic (exact) mass is 406 g/mol. The van der Waals surface area contributed by atoms with E-state index in [1.807, 2.05) is 18.4 Å². The molecule has 0 bridgehead atoms. The number of nitro groups is 1. The molecule has 0 amide bonds. The van der Waals surface area contributed by atoms with Crippen molar-refractivity contribution in [2.45, 2.75) is 32.1 Å². The molecule has 1 aromatic carbocycles. The van der Waals surface area contributed by atoms with Gasteiger partial charge in [-0.25, -0.2) is 0 Å². The molecule has 2 aliphatic rings. The van der Waals surface area contributed by atoms with Crippen LogP contribution in [0.3, 0.4) is 0 Å². The molecule has 7 nitrogen and oxygen atoms in total. The van der Waals surface area contributed by atoms with Gasteiger partial charge in [0.25, 0.3) is 5.69 Å². The average Bonchev–Trinajstić information content (AvgIpc) is 3.13. The predicted octanol–water partition coefficient (Wildman–Crippen LogP) is 4.27. The summed E-state index contributed by atoms with van der Waals surface area (Å²) in [7, 11) is 0. The molecule has 0 unspecified atom stereocenters. The second-order valence-electron chi connectivity index (χ2n) is 7.06. The summed E-state index contributed by atoms with van der Waals surface area (Å²) in [5.74, 6) is -0.166. The molecule has 0 radical (unpaired) electrons. The molecule has 1 aromatic heterocycles. The van der Waals surface area contributed by atoms with Crippen LogP contribution < -0.4 is 10.6 Å². The largest absolute Gasteiger partial charge is 0.384 e. The van der Waals surface area contributed by atoms with Gasteiger partial charge in [-0.3, -0.25) is 19.8 Å². The highest BCUT2D eigenvalue weighted by Crippen LogP contribution is 2.48. The van der Waals surface area contributed by atoms with Crippen LogP contribution in [0, 0.1) is 28.4 Å². The van der Waals surface area contributed by atoms with Gasteiger partial charge in [0.1, 0.15) is 5.82 Å². The normalized spacial score (nSPS) is 19.2. The van der Waals surface area contributed by atoms with E-state index >= 15 is 0 Å². The number of nitro benzene ring substituents is 1. The molecule has 2 heterocycles. The molecule has 29 heavy (non-hydrogen) atoms. The molecule has 1 aliphatic carbocycles. The fourth-order valence-electron chi connectivity index (χ4n) is 4.05. The smallest absolute Gasteiger partial charge is 0.269 e. The first-order valence-corrected chi connectivity index (χ1v) is 10.1. The SMILES string of the molecule is Cc1ccsc1[C@H]1C(C#N)=C(N)N(c2ccc([N+](=O)[O-])cc2)C2=C1C(=O)CCC2. The highest BCUT2D eigenvalue weighted by Gasteiger charge is 2.41. The number of non-ortho nitro benzene ring substituents is 1. The molecule has 0 saturated carbocycles. The van der Waals surface area contributed by atoms with Crippen molar-refractivity contribution in [3.05, 3.63) is 78.9 Å². The second-order valence-corrected chi connectivity index (χ2v) is 8.01. The number of nitrogens with zero attached hydrogens (tertiary/aromatic N) is 3. The molecular weight excluding hydrogens is 388 g/mol. The fraction of sp³-hybridized carbons (Fsp3) is 0.238. The number of anilines is 1. The third-order valence-electron chi connectivity index (χ3n) is 5.40. The number of thiophene rings is 1. The lowest BCUT2D eigenvalue weighted by molar-refractivity contribution is -0.384. The van der Waals surface area contributed by atoms with Gasteiger partial charge in [0.05, 0.1) is 22.5 Å². The van der Waals surface area contributed by atoms with Gasteiger partial charge in [0.2, 0.25) is 0 Å². The maximum atomic E-state index is 13.0. The van der Waals surface area contributed by atoms with E-state index in [1.165, 1.54) is 23.5 Å². The molecule has 0 saturated heterocycles. The Morgan fingerprint density at radius 3 is 2.59 bits per heavy atom. The van der Waals surface area contributed by atoms with Gasteiger partial charge in [-0.1, -0.05) is 0 Å². The minimum absolute atomic E-state index is 0.0243. The molecule has 4 rings (SSSR count). The number of nitrogens with two attached hydrogens (primary N) is 1. The Labute approximate surface area is 171 Å². The number of nitriles is 1. The fourth-order valence-corrected chi connectivity index (χ4v) is 5.09. The van der Waals surface area contributed by atoms with Crippen LogP contribution in [0.25, 0.3) is 0 Å². The Kier molecular flexibility index (Phi) is 4.68. The van der Waals surface area contributed by atoms with Gasteiger partial charge >= 0.3 is 0 Å². The van der Waals surface area contributed by atoms with Crippen molar-refractivity contribution < 1.29 is 9.72 Å². The van der Waals surface area contributed by atoms with Crippen molar-refractivity contribution in [3.63, 3.8) is 0 Å². The lowest BCUT2D eigenvalue weighted by atomic mass is 9.77. The van der Waals surface area contributed by atoms with E-state index in [9.17, 15) is 20.2 Å². The summed E-state index contributed by atoms with van der Waals surface area (Å²) >= 11 is 1.52. The number of rotatable bonds is 3. The molecule has 1 atom stereocenters. The van der Waals surface area contributed by atoms with Gasteiger partial charge < -0.3 is 5.73 Å². The van der Waals surface area contributed by atoms with E-state index in [0.29, 0.717) is 36.1 Å². The molecule has 8 heteroatoms. The summed E-state index contributed by atoms with van der Waals surface area (Å²) in [6, 6.07) is 10.2. The highest BCUT2D eigenvalue weighted by molar-refractivity contribution is 7.10. The van der Waals surface area contributed by atoms with Crippen molar-refractivity contribution >= 4 is 28.5 Å². The summed E-state index contributed by atoms with van der Waals surface area (Å²) in [5, 5.41) is 22.9. The van der Waals surface area contributed by atoms with Crippen LogP contribution in [0.1, 0.15) is 35.6 Å². The number of Topliss-reactive ketones (excluding diaryl/α,β-unsaturated/α-hetero) is 1. The van der Waals surface area contributed by atoms with E-state index in [0.717, 1.165) is 16.1 Å². The summed E-state index contributed by atoms with van der Waals surface area (Å²) in [5.41, 5.74) is 9.80. The third-order valence-corrected chi connectivity index (χ3v) is 6.48. The zero-order valence-corrected chi connectivity index (χ0v) is 16.5. The molecule has 1 aliphatic heterocycles. The summed E-state index contributed by atoms with van der Waals surface area (Å²) < 4.78 is 0. The Morgan fingerprint density at radius 1 is 1.28 bits per heavy atom. The van der Waals surface area contributed by atoms with E-state index in [2.05, 4.69) is 6.07 Å². The number of ketones is 1. The molecule has 2 aromatic rings. The van der Waals surface area contributed by atoms with Crippen LogP contribution in [0.15, 0.2) is 58.4 Å². The lowest BCUT2D eigenvalue weighted by Gasteiger charge is -2.39. The van der Waals surface area contributed by atoms with E-state index in [1.54, 1.807) is 17.0 Å². The molecule has 0 spiro atoms. The Bertz CT molecular complexity index is 1120. The van der Waals surface area contributed by atoms with Crippen LogP contribution >= 0.6 is 11.3 Å². The standard InChI is InChI=1S/C21H18N4O3S/c1-12-9-10-29-20(12)18-15(11-22)21(23)24(16-3-2-4-17(26)19(16)18)13-5-7-14(8-6-13)25(27)28/h5-10,18H,2-4,23H2,1H3/t18-/m0/s1. The van der Waals surface area contributed by atoms with Crippen molar-refractivity contribution in [1.82, 2.24) is 0 Å². The van der Waals surface area contributed by atoms with Crippen molar-refractivity contribution in [1.29, 1.82) is 5.26 Å². The van der Waals surface area contributed by atoms with Gasteiger partial charge in [0, 0.05) is 40.4 Å². The van der Waals surface area contributed by atoms with Crippen LogP contribution in [0.5, 0.6) is 0 Å². The van der Waals surface area contributed by atoms with E-state index in [-0.39, 0.29) is 17.3 Å². The first kappa shape index (κ1) is 18.9. The topological polar surface area (TPSA) is 113 Å². The minimum Gasteiger partial charge on any atom is -0.384 e. The predicted molar refractivity (Wildman–Crippen MR) is 110 cm³/mol. The zero-order chi connectivity index (χ0) is 20.7. The van der Waals surface area contributed by atoms with Gasteiger partial charge in [-0.05, 0) is 48.9 Å². The van der Waals surface area contributed by atoms with Crippen LogP contribution in [0.4, 0.5) is 11.4 Å². The number of benzene rings is 1. The van der Waals surface area contributed by atoms with E-state index < -0.39 is 10.8 Å². The quantitative estimate of drug-likeness (QED) is 0.601. The van der Waals surface area contributed by atoms with Gasteiger partial charge in [-0.2, -0.15) is 5.26 Å². The second kappa shape index (κ2) is 7.18. The molecule has 0 fully saturated rings. The molecular formula is C21H18N4O3S. The zero-order valence-electron chi connectivity index (χ0n) is 15.7. The third kappa shape index (κ3) is 3.00.